The smallest absolute Gasteiger partial charge is 0.239 e. The van der Waals surface area contributed by atoms with Crippen LogP contribution in [0.3, 0.4) is 0 Å². The van der Waals surface area contributed by atoms with Crippen molar-refractivity contribution >= 4 is 23.2 Å². The number of carbonyl (C=O) groups is 2. The first kappa shape index (κ1) is 20.8. The van der Waals surface area contributed by atoms with Crippen LogP contribution in [0.4, 0.5) is 11.4 Å². The van der Waals surface area contributed by atoms with E-state index in [9.17, 15) is 9.59 Å². The van der Waals surface area contributed by atoms with Crippen molar-refractivity contribution in [2.24, 2.45) is 5.92 Å². The summed E-state index contributed by atoms with van der Waals surface area (Å²) in [4.78, 5) is 32.3. The molecule has 0 bridgehead atoms. The molecule has 160 valence electrons. The van der Waals surface area contributed by atoms with Gasteiger partial charge in [0.1, 0.15) is 11.7 Å². The quantitative estimate of drug-likeness (QED) is 0.609. The molecule has 7 heteroatoms. The van der Waals surface area contributed by atoms with Crippen LogP contribution in [0.15, 0.2) is 42.5 Å². The van der Waals surface area contributed by atoms with Gasteiger partial charge >= 0.3 is 0 Å². The van der Waals surface area contributed by atoms with E-state index in [1.165, 1.54) is 5.56 Å². The van der Waals surface area contributed by atoms with Crippen molar-refractivity contribution in [2.45, 2.75) is 40.0 Å². The number of aryl methyl sites for hydroxylation is 2. The van der Waals surface area contributed by atoms with Gasteiger partial charge in [0.15, 0.2) is 5.82 Å². The fraction of sp³-hybridized carbons (Fsp3) is 0.333. The van der Waals surface area contributed by atoms with E-state index >= 15 is 0 Å². The maximum absolute atomic E-state index is 13.0. The normalized spacial score (nSPS) is 16.2. The fourth-order valence-corrected chi connectivity index (χ4v) is 3.73. The summed E-state index contributed by atoms with van der Waals surface area (Å²) in [6.45, 7) is 8.65. The molecule has 0 radical (unpaired) electrons. The number of nitrogens with zero attached hydrogens (tertiary/aromatic N) is 3. The van der Waals surface area contributed by atoms with Crippen molar-refractivity contribution in [3.05, 3.63) is 59.4 Å². The number of anilines is 2. The summed E-state index contributed by atoms with van der Waals surface area (Å²) in [5, 5.41) is 10.2. The molecule has 1 aliphatic heterocycles. The SMILES string of the molecule is Cc1ccc(N2CCC(C(=O)Nc3ccccc3-c3n[nH]c(C(C)C)n3)C2=O)cc1C. The van der Waals surface area contributed by atoms with Gasteiger partial charge in [-0.25, -0.2) is 4.98 Å². The van der Waals surface area contributed by atoms with Gasteiger partial charge in [-0.3, -0.25) is 14.7 Å². The Balaban J connectivity index is 1.52. The topological polar surface area (TPSA) is 91.0 Å². The number of aromatic amines is 1. The van der Waals surface area contributed by atoms with Crippen LogP contribution < -0.4 is 10.2 Å². The van der Waals surface area contributed by atoms with Crippen molar-refractivity contribution in [3.8, 4) is 11.4 Å². The van der Waals surface area contributed by atoms with Crippen molar-refractivity contribution in [2.75, 3.05) is 16.8 Å². The van der Waals surface area contributed by atoms with Gasteiger partial charge in [-0.15, -0.1) is 0 Å². The van der Waals surface area contributed by atoms with Crippen molar-refractivity contribution in [1.82, 2.24) is 15.2 Å². The maximum Gasteiger partial charge on any atom is 0.239 e. The van der Waals surface area contributed by atoms with Crippen LogP contribution in [0.2, 0.25) is 0 Å². The standard InChI is InChI=1S/C24H27N5O2/c1-14(2)21-26-22(28-27-21)18-7-5-6-8-20(18)25-23(30)19-11-12-29(24(19)31)17-10-9-15(3)16(4)13-17/h5-10,13-14,19H,11-12H2,1-4H3,(H,25,30)(H,26,27,28). The molecule has 0 aliphatic carbocycles. The Hall–Kier alpha value is -3.48. The molecular weight excluding hydrogens is 390 g/mol. The van der Waals surface area contributed by atoms with Crippen LogP contribution in [0, 0.1) is 19.8 Å². The van der Waals surface area contributed by atoms with Gasteiger partial charge in [0.25, 0.3) is 0 Å². The average molecular weight is 418 g/mol. The highest BCUT2D eigenvalue weighted by atomic mass is 16.2. The molecule has 1 aromatic heterocycles. The van der Waals surface area contributed by atoms with Gasteiger partial charge < -0.3 is 10.2 Å². The van der Waals surface area contributed by atoms with E-state index in [-0.39, 0.29) is 17.7 Å². The molecule has 7 nitrogen and oxygen atoms in total. The number of hydrogen-bond donors (Lipinski definition) is 2. The van der Waals surface area contributed by atoms with E-state index in [0.717, 1.165) is 22.6 Å². The van der Waals surface area contributed by atoms with E-state index in [2.05, 4.69) is 20.5 Å². The summed E-state index contributed by atoms with van der Waals surface area (Å²) in [6, 6.07) is 13.3. The van der Waals surface area contributed by atoms with Crippen LogP contribution in [-0.2, 0) is 9.59 Å². The zero-order valence-corrected chi connectivity index (χ0v) is 18.3. The number of para-hydroxylation sites is 1. The Morgan fingerprint density at radius 2 is 1.94 bits per heavy atom. The monoisotopic (exact) mass is 417 g/mol. The number of nitrogens with one attached hydrogen (secondary N) is 2. The van der Waals surface area contributed by atoms with Crippen LogP contribution >= 0.6 is 0 Å². The van der Waals surface area contributed by atoms with E-state index in [1.54, 1.807) is 11.0 Å². The molecule has 1 aliphatic rings. The lowest BCUT2D eigenvalue weighted by molar-refractivity contribution is -0.129. The Bertz CT molecular complexity index is 1130. The Morgan fingerprint density at radius 1 is 1.16 bits per heavy atom. The predicted octanol–water partition coefficient (Wildman–Crippen LogP) is 4.20. The Labute approximate surface area is 181 Å². The lowest BCUT2D eigenvalue weighted by Crippen LogP contribution is -2.33. The molecule has 31 heavy (non-hydrogen) atoms. The molecule has 0 spiro atoms. The summed E-state index contributed by atoms with van der Waals surface area (Å²) >= 11 is 0. The zero-order valence-electron chi connectivity index (χ0n) is 18.3. The van der Waals surface area contributed by atoms with Gasteiger partial charge in [-0.2, -0.15) is 5.10 Å². The summed E-state index contributed by atoms with van der Waals surface area (Å²) in [6.07, 6.45) is 0.484. The second-order valence-electron chi connectivity index (χ2n) is 8.33. The molecule has 2 aromatic carbocycles. The average Bonchev–Trinajstić information content (AvgIpc) is 3.38. The molecular formula is C24H27N5O2. The molecule has 2 heterocycles. The highest BCUT2D eigenvalue weighted by molar-refractivity contribution is 6.14. The van der Waals surface area contributed by atoms with Crippen LogP contribution in [0.5, 0.6) is 0 Å². The predicted molar refractivity (Wildman–Crippen MR) is 121 cm³/mol. The van der Waals surface area contributed by atoms with Crippen molar-refractivity contribution < 1.29 is 9.59 Å². The highest BCUT2D eigenvalue weighted by Crippen LogP contribution is 2.30. The summed E-state index contributed by atoms with van der Waals surface area (Å²) in [7, 11) is 0. The molecule has 2 N–H and O–H groups in total. The highest BCUT2D eigenvalue weighted by Gasteiger charge is 2.38. The first-order valence-corrected chi connectivity index (χ1v) is 10.6. The van der Waals surface area contributed by atoms with Gasteiger partial charge in [-0.05, 0) is 55.7 Å². The fourth-order valence-electron chi connectivity index (χ4n) is 3.73. The summed E-state index contributed by atoms with van der Waals surface area (Å²) in [5.74, 6) is 0.338. The lowest BCUT2D eigenvalue weighted by atomic mass is 10.1. The van der Waals surface area contributed by atoms with Gasteiger partial charge in [0.2, 0.25) is 11.8 Å². The summed E-state index contributed by atoms with van der Waals surface area (Å²) < 4.78 is 0. The third-order valence-corrected chi connectivity index (χ3v) is 5.80. The third-order valence-electron chi connectivity index (χ3n) is 5.80. The number of hydrogen-bond acceptors (Lipinski definition) is 4. The first-order chi connectivity index (χ1) is 14.8. The minimum absolute atomic E-state index is 0.168. The molecule has 0 saturated carbocycles. The molecule has 2 amide bonds. The number of aromatic nitrogens is 3. The van der Waals surface area contributed by atoms with Gasteiger partial charge in [0, 0.05) is 23.7 Å². The molecule has 4 rings (SSSR count). The minimum atomic E-state index is -0.715. The zero-order chi connectivity index (χ0) is 22.1. The molecule has 1 unspecified atom stereocenters. The van der Waals surface area contributed by atoms with E-state index in [0.29, 0.717) is 24.5 Å². The van der Waals surface area contributed by atoms with E-state index in [1.807, 2.05) is 64.1 Å². The second kappa shape index (κ2) is 8.34. The van der Waals surface area contributed by atoms with Gasteiger partial charge in [0.05, 0.1) is 5.69 Å². The third kappa shape index (κ3) is 4.08. The van der Waals surface area contributed by atoms with E-state index in [4.69, 9.17) is 0 Å². The number of amides is 2. The summed E-state index contributed by atoms with van der Waals surface area (Å²) in [5.41, 5.74) is 4.45. The molecule has 1 saturated heterocycles. The van der Waals surface area contributed by atoms with Crippen LogP contribution in [-0.4, -0.2) is 33.5 Å². The molecule has 3 aromatic rings. The maximum atomic E-state index is 13.0. The molecule has 1 fully saturated rings. The van der Waals surface area contributed by atoms with Crippen molar-refractivity contribution in [3.63, 3.8) is 0 Å². The lowest BCUT2D eigenvalue weighted by Gasteiger charge is -2.18. The first-order valence-electron chi connectivity index (χ1n) is 10.6. The van der Waals surface area contributed by atoms with Crippen molar-refractivity contribution in [1.29, 1.82) is 0 Å². The van der Waals surface area contributed by atoms with Crippen LogP contribution in [0.25, 0.3) is 11.4 Å². The number of carbonyl (C=O) groups excluding carboxylic acids is 2. The number of benzene rings is 2. The Morgan fingerprint density at radius 3 is 2.65 bits per heavy atom. The van der Waals surface area contributed by atoms with E-state index < -0.39 is 5.92 Å². The number of H-pyrrole nitrogens is 1. The van der Waals surface area contributed by atoms with Crippen LogP contribution in [0.1, 0.15) is 43.1 Å². The second-order valence-corrected chi connectivity index (χ2v) is 8.33. The Kier molecular flexibility index (Phi) is 5.59. The largest absolute Gasteiger partial charge is 0.325 e. The molecule has 1 atom stereocenters. The number of rotatable bonds is 5. The minimum Gasteiger partial charge on any atom is -0.325 e. The van der Waals surface area contributed by atoms with Gasteiger partial charge in [-0.1, -0.05) is 32.0 Å².